The Kier molecular flexibility index (Phi) is 8.66. The Balaban J connectivity index is 1.63. The van der Waals surface area contributed by atoms with E-state index in [2.05, 4.69) is 19.8 Å². The summed E-state index contributed by atoms with van der Waals surface area (Å²) in [4.78, 5) is 7.99. The number of sulfonamides is 1. The third-order valence-corrected chi connectivity index (χ3v) is 7.53. The fourth-order valence-electron chi connectivity index (χ4n) is 3.88. The van der Waals surface area contributed by atoms with Crippen LogP contribution in [0.25, 0.3) is 11.1 Å². The van der Waals surface area contributed by atoms with E-state index in [0.717, 1.165) is 17.7 Å². The van der Waals surface area contributed by atoms with Crippen LogP contribution in [0.2, 0.25) is 0 Å². The Hall–Kier alpha value is -4.33. The predicted octanol–water partition coefficient (Wildman–Crippen LogP) is 5.46. The number of ether oxygens (including phenoxy) is 3. The Morgan fingerprint density at radius 2 is 1.45 bits per heavy atom. The second-order valence-corrected chi connectivity index (χ2v) is 11.9. The molecule has 0 radical (unpaired) electrons. The number of anilines is 1. The van der Waals surface area contributed by atoms with Gasteiger partial charge in [-0.2, -0.15) is 23.1 Å². The molecule has 0 bridgehead atoms. The van der Waals surface area contributed by atoms with Gasteiger partial charge in [0.2, 0.25) is 5.88 Å². The molecule has 1 N–H and O–H groups in total. The molecule has 10 nitrogen and oxygen atoms in total. The Bertz CT molecular complexity index is 1620. The molecule has 0 fully saturated rings. The first kappa shape index (κ1) is 30.6. The van der Waals surface area contributed by atoms with Gasteiger partial charge < -0.3 is 14.2 Å². The summed E-state index contributed by atoms with van der Waals surface area (Å²) in [5.74, 6) is 0.440. The largest absolute Gasteiger partial charge is 0.494 e. The highest BCUT2D eigenvalue weighted by Gasteiger charge is 2.31. The average Bonchev–Trinajstić information content (AvgIpc) is 3.24. The maximum Gasteiger partial charge on any atom is 0.416 e. The molecule has 4 aromatic rings. The van der Waals surface area contributed by atoms with E-state index in [1.165, 1.54) is 55.5 Å². The maximum atomic E-state index is 13.4. The zero-order valence-corrected chi connectivity index (χ0v) is 24.4. The fraction of sp³-hybridized carbons (Fsp3) is 0.321. The lowest BCUT2D eigenvalue weighted by Crippen LogP contribution is -2.17. The highest BCUT2D eigenvalue weighted by Crippen LogP contribution is 2.39. The van der Waals surface area contributed by atoms with E-state index in [9.17, 15) is 21.6 Å². The van der Waals surface area contributed by atoms with E-state index in [1.54, 1.807) is 12.1 Å². The smallest absolute Gasteiger partial charge is 0.416 e. The molecule has 2 aromatic heterocycles. The van der Waals surface area contributed by atoms with E-state index in [1.807, 2.05) is 20.8 Å². The number of halogens is 3. The summed E-state index contributed by atoms with van der Waals surface area (Å²) >= 11 is 0. The van der Waals surface area contributed by atoms with E-state index < -0.39 is 21.8 Å². The van der Waals surface area contributed by atoms with Crippen LogP contribution in [0, 0.1) is 0 Å². The van der Waals surface area contributed by atoms with Crippen molar-refractivity contribution in [3.63, 3.8) is 0 Å². The molecular weight excluding hydrogens is 575 g/mol. The standard InChI is InChI=1S/C28H30F3N5O5S/c1-27(2,3)19-10-12-22(13-11-19)42(37,38)35-24-23(18-6-8-20(9-7-18)28(29,30)31)25(34-36(24)4)40-14-15-41-26-32-16-21(39-5)17-33-26/h6-13,16-17,35H,14-15H2,1-5H3. The van der Waals surface area contributed by atoms with Crippen LogP contribution in [-0.2, 0) is 28.7 Å². The highest BCUT2D eigenvalue weighted by atomic mass is 32.2. The molecule has 14 heteroatoms. The molecule has 2 aromatic carbocycles. The predicted molar refractivity (Wildman–Crippen MR) is 149 cm³/mol. The molecule has 0 aliphatic carbocycles. The van der Waals surface area contributed by atoms with Crippen molar-refractivity contribution in [2.45, 2.75) is 37.3 Å². The van der Waals surface area contributed by atoms with Gasteiger partial charge in [0.1, 0.15) is 19.0 Å². The number of hydrogen-bond donors (Lipinski definition) is 1. The molecule has 224 valence electrons. The molecule has 0 atom stereocenters. The van der Waals surface area contributed by atoms with Crippen LogP contribution >= 0.6 is 0 Å². The van der Waals surface area contributed by atoms with E-state index >= 15 is 0 Å². The minimum absolute atomic E-state index is 0.00343. The highest BCUT2D eigenvalue weighted by molar-refractivity contribution is 7.92. The lowest BCUT2D eigenvalue weighted by Gasteiger charge is -2.19. The molecule has 0 aliphatic rings. The molecule has 42 heavy (non-hydrogen) atoms. The summed E-state index contributed by atoms with van der Waals surface area (Å²) in [6.07, 6.45) is -1.68. The molecule has 0 unspecified atom stereocenters. The number of aromatic nitrogens is 4. The first-order chi connectivity index (χ1) is 19.7. The Morgan fingerprint density at radius 1 is 0.881 bits per heavy atom. The third-order valence-electron chi connectivity index (χ3n) is 6.17. The van der Waals surface area contributed by atoms with Gasteiger partial charge >= 0.3 is 12.2 Å². The lowest BCUT2D eigenvalue weighted by atomic mass is 9.87. The summed E-state index contributed by atoms with van der Waals surface area (Å²) < 4.78 is 86.4. The van der Waals surface area contributed by atoms with Gasteiger partial charge in [-0.1, -0.05) is 45.0 Å². The Labute approximate surface area is 241 Å². The number of nitrogens with one attached hydrogen (secondary N) is 1. The van der Waals surface area contributed by atoms with Crippen LogP contribution < -0.4 is 18.9 Å². The minimum Gasteiger partial charge on any atom is -0.494 e. The van der Waals surface area contributed by atoms with Crippen molar-refractivity contribution in [1.82, 2.24) is 19.7 Å². The average molecular weight is 606 g/mol. The molecule has 0 spiro atoms. The molecule has 2 heterocycles. The fourth-order valence-corrected chi connectivity index (χ4v) is 4.98. The van der Waals surface area contributed by atoms with Crippen molar-refractivity contribution in [2.24, 2.45) is 7.05 Å². The van der Waals surface area contributed by atoms with Gasteiger partial charge in [-0.3, -0.25) is 4.72 Å². The van der Waals surface area contributed by atoms with Crippen molar-refractivity contribution in [3.05, 3.63) is 72.1 Å². The topological polar surface area (TPSA) is 117 Å². The summed E-state index contributed by atoms with van der Waals surface area (Å²) in [5, 5.41) is 4.29. The van der Waals surface area contributed by atoms with E-state index in [4.69, 9.17) is 14.2 Å². The van der Waals surface area contributed by atoms with Crippen molar-refractivity contribution >= 4 is 15.8 Å². The monoisotopic (exact) mass is 605 g/mol. The molecule has 0 amide bonds. The normalized spacial score (nSPS) is 12.2. The van der Waals surface area contributed by atoms with E-state index in [-0.39, 0.29) is 52.4 Å². The van der Waals surface area contributed by atoms with Gasteiger partial charge in [-0.15, -0.1) is 5.10 Å². The maximum absolute atomic E-state index is 13.4. The zero-order chi connectivity index (χ0) is 30.7. The summed E-state index contributed by atoms with van der Waals surface area (Å²) in [5.41, 5.74) is 0.327. The first-order valence-corrected chi connectivity index (χ1v) is 14.2. The zero-order valence-electron chi connectivity index (χ0n) is 23.6. The molecular formula is C28H30F3N5O5S. The van der Waals surface area contributed by atoms with Crippen molar-refractivity contribution in [1.29, 1.82) is 0 Å². The molecule has 0 aliphatic heterocycles. The molecule has 0 saturated heterocycles. The summed E-state index contributed by atoms with van der Waals surface area (Å²) in [7, 11) is -1.15. The number of hydrogen-bond acceptors (Lipinski definition) is 8. The number of rotatable bonds is 10. The van der Waals surface area contributed by atoms with Crippen molar-refractivity contribution < 1.29 is 35.8 Å². The Morgan fingerprint density at radius 3 is 2.00 bits per heavy atom. The number of aryl methyl sites for hydroxylation is 1. The van der Waals surface area contributed by atoms with E-state index in [0.29, 0.717) is 5.75 Å². The van der Waals surface area contributed by atoms with Crippen LogP contribution in [0.1, 0.15) is 31.9 Å². The molecule has 4 rings (SSSR count). The summed E-state index contributed by atoms with van der Waals surface area (Å²) in [6.45, 7) is 5.98. The second kappa shape index (κ2) is 11.9. The summed E-state index contributed by atoms with van der Waals surface area (Å²) in [6, 6.07) is 10.8. The van der Waals surface area contributed by atoms with Gasteiger partial charge in [-0.05, 0) is 40.8 Å². The second-order valence-electron chi connectivity index (χ2n) is 10.2. The van der Waals surface area contributed by atoms with Crippen LogP contribution in [-0.4, -0.2) is 48.5 Å². The van der Waals surface area contributed by atoms with Gasteiger partial charge in [0.15, 0.2) is 5.75 Å². The SMILES string of the molecule is COc1cnc(OCCOc2nn(C)c(NS(=O)(=O)c3ccc(C(C)(C)C)cc3)c2-c2ccc(C(F)(F)F)cc2)nc1. The van der Waals surface area contributed by atoms with Crippen LogP contribution in [0.4, 0.5) is 19.0 Å². The van der Waals surface area contributed by atoms with Gasteiger partial charge in [0, 0.05) is 7.05 Å². The van der Waals surface area contributed by atoms with Gasteiger partial charge in [0.05, 0.1) is 35.5 Å². The van der Waals surface area contributed by atoms with Gasteiger partial charge in [-0.25, -0.2) is 13.1 Å². The number of benzene rings is 2. The number of alkyl halides is 3. The first-order valence-electron chi connectivity index (χ1n) is 12.7. The molecule has 0 saturated carbocycles. The lowest BCUT2D eigenvalue weighted by molar-refractivity contribution is -0.137. The van der Waals surface area contributed by atoms with Crippen molar-refractivity contribution in [2.75, 3.05) is 25.0 Å². The number of methoxy groups -OCH3 is 1. The quantitative estimate of drug-likeness (QED) is 0.237. The minimum atomic E-state index is -4.54. The van der Waals surface area contributed by atoms with Gasteiger partial charge in [0.25, 0.3) is 10.0 Å². The van der Waals surface area contributed by atoms with Crippen LogP contribution in [0.5, 0.6) is 17.6 Å². The van der Waals surface area contributed by atoms with Crippen molar-refractivity contribution in [3.8, 4) is 28.8 Å². The third kappa shape index (κ3) is 7.11. The van der Waals surface area contributed by atoms with Crippen LogP contribution in [0.15, 0.2) is 65.8 Å². The van der Waals surface area contributed by atoms with Crippen LogP contribution in [0.3, 0.4) is 0 Å². The number of nitrogens with zero attached hydrogens (tertiary/aromatic N) is 4.